The maximum atomic E-state index is 11.7. The van der Waals surface area contributed by atoms with E-state index in [4.69, 9.17) is 10.5 Å². The van der Waals surface area contributed by atoms with Crippen LogP contribution in [0.4, 0.5) is 0 Å². The molecule has 0 radical (unpaired) electrons. The molecule has 2 aliphatic carbocycles. The maximum absolute atomic E-state index is 11.7. The maximum Gasteiger partial charge on any atom is 0.237 e. The summed E-state index contributed by atoms with van der Waals surface area (Å²) >= 11 is 0. The van der Waals surface area contributed by atoms with Gasteiger partial charge in [-0.05, 0) is 57.4 Å². The molecular weight excluding hydrogens is 252 g/mol. The van der Waals surface area contributed by atoms with Crippen LogP contribution >= 0.6 is 0 Å². The van der Waals surface area contributed by atoms with Gasteiger partial charge in [0.25, 0.3) is 0 Å². The highest BCUT2D eigenvalue weighted by atomic mass is 16.5. The van der Waals surface area contributed by atoms with Gasteiger partial charge in [0.05, 0.1) is 17.7 Å². The molecule has 0 saturated heterocycles. The third-order valence-electron chi connectivity index (χ3n) is 5.59. The lowest BCUT2D eigenvalue weighted by Crippen LogP contribution is -2.58. The van der Waals surface area contributed by atoms with Crippen molar-refractivity contribution in [3.8, 4) is 0 Å². The zero-order valence-electron chi connectivity index (χ0n) is 13.2. The van der Waals surface area contributed by atoms with Crippen molar-refractivity contribution in [3.05, 3.63) is 0 Å². The van der Waals surface area contributed by atoms with Crippen LogP contribution in [-0.4, -0.2) is 30.7 Å². The van der Waals surface area contributed by atoms with Gasteiger partial charge in [0.15, 0.2) is 0 Å². The normalized spacial score (nSPS) is 42.4. The molecule has 0 bridgehead atoms. The minimum Gasteiger partial charge on any atom is -0.375 e. The molecule has 4 nitrogen and oxygen atoms in total. The van der Waals surface area contributed by atoms with E-state index in [-0.39, 0.29) is 12.0 Å². The summed E-state index contributed by atoms with van der Waals surface area (Å²) in [6, 6.07) is 0. The number of likely N-dealkylation sites (N-methyl/N-ethyl adjacent to an activating group) is 1. The average molecular weight is 282 g/mol. The highest BCUT2D eigenvalue weighted by Gasteiger charge is 2.41. The molecule has 4 heteroatoms. The molecule has 0 heterocycles. The van der Waals surface area contributed by atoms with E-state index in [1.165, 1.54) is 6.42 Å². The lowest BCUT2D eigenvalue weighted by Gasteiger charge is -2.41. The van der Waals surface area contributed by atoms with Gasteiger partial charge in [-0.15, -0.1) is 0 Å². The number of hydrogen-bond donors (Lipinski definition) is 2. The smallest absolute Gasteiger partial charge is 0.237 e. The second-order valence-corrected chi connectivity index (χ2v) is 6.94. The second-order valence-electron chi connectivity index (χ2n) is 6.94. The Kier molecular flexibility index (Phi) is 5.08. The van der Waals surface area contributed by atoms with Crippen molar-refractivity contribution in [1.29, 1.82) is 0 Å². The fraction of sp³-hybridized carbons (Fsp3) is 0.938. The Balaban J connectivity index is 1.91. The summed E-state index contributed by atoms with van der Waals surface area (Å²) in [5, 5.41) is 3.15. The number of primary amides is 1. The van der Waals surface area contributed by atoms with Crippen molar-refractivity contribution >= 4 is 5.91 Å². The van der Waals surface area contributed by atoms with Crippen molar-refractivity contribution in [2.75, 3.05) is 7.05 Å². The van der Waals surface area contributed by atoms with Gasteiger partial charge < -0.3 is 15.8 Å². The highest BCUT2D eigenvalue weighted by Crippen LogP contribution is 2.35. The van der Waals surface area contributed by atoms with E-state index in [0.29, 0.717) is 6.10 Å². The fourth-order valence-corrected chi connectivity index (χ4v) is 3.81. The molecule has 3 N–H and O–H groups in total. The number of amides is 1. The van der Waals surface area contributed by atoms with Gasteiger partial charge >= 0.3 is 0 Å². The Hall–Kier alpha value is -0.610. The topological polar surface area (TPSA) is 64.3 Å². The first kappa shape index (κ1) is 15.8. The molecule has 2 aliphatic rings. The Labute approximate surface area is 122 Å². The van der Waals surface area contributed by atoms with Gasteiger partial charge in [-0.25, -0.2) is 0 Å². The van der Waals surface area contributed by atoms with Crippen molar-refractivity contribution in [2.24, 2.45) is 17.6 Å². The first-order valence-corrected chi connectivity index (χ1v) is 8.11. The summed E-state index contributed by atoms with van der Waals surface area (Å²) in [6.07, 6.45) is 7.72. The van der Waals surface area contributed by atoms with Crippen molar-refractivity contribution < 1.29 is 9.53 Å². The molecule has 5 unspecified atom stereocenters. The largest absolute Gasteiger partial charge is 0.375 e. The van der Waals surface area contributed by atoms with Gasteiger partial charge in [-0.1, -0.05) is 13.8 Å². The number of ether oxygens (including phenoxy) is 1. The van der Waals surface area contributed by atoms with Gasteiger partial charge in [0.1, 0.15) is 0 Å². The van der Waals surface area contributed by atoms with Crippen LogP contribution in [0.25, 0.3) is 0 Å². The minimum absolute atomic E-state index is 0.175. The van der Waals surface area contributed by atoms with Crippen LogP contribution in [-0.2, 0) is 9.53 Å². The molecule has 2 saturated carbocycles. The Morgan fingerprint density at radius 2 is 1.95 bits per heavy atom. The van der Waals surface area contributed by atoms with Crippen molar-refractivity contribution in [3.63, 3.8) is 0 Å². The number of rotatable bonds is 4. The summed E-state index contributed by atoms with van der Waals surface area (Å²) in [6.45, 7) is 4.66. The monoisotopic (exact) mass is 282 g/mol. The minimum atomic E-state index is -0.559. The summed E-state index contributed by atoms with van der Waals surface area (Å²) in [7, 11) is 1.83. The summed E-state index contributed by atoms with van der Waals surface area (Å²) in [5.74, 6) is 1.31. The zero-order valence-corrected chi connectivity index (χ0v) is 13.2. The summed E-state index contributed by atoms with van der Waals surface area (Å²) < 4.78 is 6.31. The predicted octanol–water partition coefficient (Wildman–Crippen LogP) is 2.21. The van der Waals surface area contributed by atoms with E-state index in [0.717, 1.165) is 50.4 Å². The third-order valence-corrected chi connectivity index (χ3v) is 5.59. The van der Waals surface area contributed by atoms with E-state index >= 15 is 0 Å². The molecular formula is C16H30N2O2. The van der Waals surface area contributed by atoms with Crippen LogP contribution in [0.5, 0.6) is 0 Å². The molecule has 0 aromatic heterocycles. The summed E-state index contributed by atoms with van der Waals surface area (Å²) in [5.41, 5.74) is 5.03. The highest BCUT2D eigenvalue weighted by molar-refractivity contribution is 5.84. The van der Waals surface area contributed by atoms with E-state index in [2.05, 4.69) is 19.2 Å². The van der Waals surface area contributed by atoms with Gasteiger partial charge in [-0.3, -0.25) is 4.79 Å². The number of nitrogens with one attached hydrogen (secondary N) is 1. The van der Waals surface area contributed by atoms with Gasteiger partial charge in [0.2, 0.25) is 5.91 Å². The molecule has 2 fully saturated rings. The van der Waals surface area contributed by atoms with E-state index in [9.17, 15) is 4.79 Å². The van der Waals surface area contributed by atoms with Crippen LogP contribution in [0.1, 0.15) is 58.8 Å². The van der Waals surface area contributed by atoms with Crippen molar-refractivity contribution in [2.45, 2.75) is 76.5 Å². The average Bonchev–Trinajstić information content (AvgIpc) is 2.43. The second kappa shape index (κ2) is 6.44. The van der Waals surface area contributed by atoms with Gasteiger partial charge in [0, 0.05) is 6.42 Å². The van der Waals surface area contributed by atoms with E-state index < -0.39 is 5.54 Å². The molecule has 0 aliphatic heterocycles. The summed E-state index contributed by atoms with van der Waals surface area (Å²) in [4.78, 5) is 11.7. The fourth-order valence-electron chi connectivity index (χ4n) is 3.81. The van der Waals surface area contributed by atoms with Crippen LogP contribution in [0.3, 0.4) is 0 Å². The number of carbonyl (C=O) groups is 1. The van der Waals surface area contributed by atoms with Crippen LogP contribution in [0, 0.1) is 11.8 Å². The zero-order chi connectivity index (χ0) is 14.8. The first-order chi connectivity index (χ1) is 9.47. The van der Waals surface area contributed by atoms with E-state index in [1.54, 1.807) is 0 Å². The number of hydrogen-bond acceptors (Lipinski definition) is 3. The lowest BCUT2D eigenvalue weighted by molar-refractivity contribution is -0.130. The van der Waals surface area contributed by atoms with Crippen LogP contribution < -0.4 is 11.1 Å². The quantitative estimate of drug-likeness (QED) is 0.831. The standard InChI is InChI=1S/C16H30N2O2/c1-11-6-7-13(9-12(11)2)20-14-5-4-8-16(10-14,18-3)15(17)19/h11-14,18H,4-10H2,1-3H3,(H2,17,19). The van der Waals surface area contributed by atoms with Crippen LogP contribution in [0.2, 0.25) is 0 Å². The van der Waals surface area contributed by atoms with E-state index in [1.807, 2.05) is 7.05 Å². The number of carbonyl (C=O) groups excluding carboxylic acids is 1. The SMILES string of the molecule is CNC1(C(N)=O)CCCC(OC2CCC(C)C(C)C2)C1. The Bertz CT molecular complexity index is 347. The number of nitrogens with two attached hydrogens (primary N) is 1. The molecule has 0 aromatic rings. The molecule has 2 rings (SSSR count). The lowest BCUT2D eigenvalue weighted by atomic mass is 9.78. The first-order valence-electron chi connectivity index (χ1n) is 8.11. The molecule has 0 spiro atoms. The van der Waals surface area contributed by atoms with Crippen LogP contribution in [0.15, 0.2) is 0 Å². The van der Waals surface area contributed by atoms with Crippen molar-refractivity contribution in [1.82, 2.24) is 5.32 Å². The molecule has 1 amide bonds. The molecule has 0 aromatic carbocycles. The third kappa shape index (κ3) is 3.34. The molecule has 5 atom stereocenters. The molecule has 116 valence electrons. The predicted molar refractivity (Wildman–Crippen MR) is 80.3 cm³/mol. The Morgan fingerprint density at radius 1 is 1.20 bits per heavy atom. The molecule has 20 heavy (non-hydrogen) atoms. The van der Waals surface area contributed by atoms with Gasteiger partial charge in [-0.2, -0.15) is 0 Å². The Morgan fingerprint density at radius 3 is 2.55 bits per heavy atom.